The van der Waals surface area contributed by atoms with Crippen LogP contribution in [0, 0.1) is 0 Å². The average molecular weight is 462 g/mol. The van der Waals surface area contributed by atoms with E-state index in [9.17, 15) is 14.4 Å². The molecule has 0 saturated carbocycles. The van der Waals surface area contributed by atoms with Crippen molar-refractivity contribution >= 4 is 46.2 Å². The van der Waals surface area contributed by atoms with E-state index in [0.29, 0.717) is 21.0 Å². The van der Waals surface area contributed by atoms with Gasteiger partial charge in [0, 0.05) is 27.9 Å². The van der Waals surface area contributed by atoms with Crippen LogP contribution in [0.3, 0.4) is 0 Å². The Hall–Kier alpha value is -4.38. The van der Waals surface area contributed by atoms with Crippen LogP contribution in [0.2, 0.25) is 0 Å². The number of nitrogens with zero attached hydrogens (tertiary/aromatic N) is 2. The fourth-order valence-electron chi connectivity index (χ4n) is 3.32. The van der Waals surface area contributed by atoms with Crippen LogP contribution < -0.4 is 22.5 Å². The summed E-state index contributed by atoms with van der Waals surface area (Å²) in [5.74, 6) is -1.86. The Morgan fingerprint density at radius 2 is 1.73 bits per heavy atom. The molecule has 11 heteroatoms. The summed E-state index contributed by atoms with van der Waals surface area (Å²) in [4.78, 5) is 48.3. The highest BCUT2D eigenvalue weighted by atomic mass is 32.2. The quantitative estimate of drug-likeness (QED) is 0.278. The van der Waals surface area contributed by atoms with Gasteiger partial charge in [0.15, 0.2) is 11.5 Å². The highest BCUT2D eigenvalue weighted by Gasteiger charge is 2.19. The van der Waals surface area contributed by atoms with Gasteiger partial charge < -0.3 is 27.5 Å². The van der Waals surface area contributed by atoms with Crippen LogP contribution in [-0.2, 0) is 6.54 Å². The monoisotopic (exact) mass is 461 g/mol. The van der Waals surface area contributed by atoms with E-state index < -0.39 is 17.7 Å². The first-order valence-corrected chi connectivity index (χ1v) is 10.5. The lowest BCUT2D eigenvalue weighted by atomic mass is 10.1. The SMILES string of the molecule is NC(=O)c1ccccc1Sc1cnc(N)c(C(=O)NCc2c(C(N)=O)[nH]c3ccccc23)n1. The summed E-state index contributed by atoms with van der Waals surface area (Å²) in [5, 5.41) is 3.83. The number of nitrogens with one attached hydrogen (secondary N) is 2. The van der Waals surface area contributed by atoms with Crippen molar-refractivity contribution in [3.8, 4) is 0 Å². The van der Waals surface area contributed by atoms with Gasteiger partial charge in [0.1, 0.15) is 10.7 Å². The molecule has 0 spiro atoms. The number of hydrogen-bond acceptors (Lipinski definition) is 7. The van der Waals surface area contributed by atoms with Crippen LogP contribution in [-0.4, -0.2) is 32.7 Å². The van der Waals surface area contributed by atoms with Crippen molar-refractivity contribution in [2.24, 2.45) is 11.5 Å². The molecule has 4 rings (SSSR count). The Balaban J connectivity index is 1.58. The lowest BCUT2D eigenvalue weighted by molar-refractivity contribution is 0.0940. The van der Waals surface area contributed by atoms with E-state index in [1.54, 1.807) is 30.3 Å². The number of carbonyl (C=O) groups is 3. The molecule has 166 valence electrons. The van der Waals surface area contributed by atoms with Crippen molar-refractivity contribution in [2.45, 2.75) is 16.5 Å². The van der Waals surface area contributed by atoms with Crippen LogP contribution >= 0.6 is 11.8 Å². The minimum absolute atomic E-state index is 0.0180. The minimum atomic E-state index is -0.638. The van der Waals surface area contributed by atoms with E-state index in [1.165, 1.54) is 6.20 Å². The number of benzene rings is 2. The van der Waals surface area contributed by atoms with Crippen molar-refractivity contribution in [3.05, 3.63) is 77.2 Å². The molecule has 8 N–H and O–H groups in total. The number of H-pyrrole nitrogens is 1. The Kier molecular flexibility index (Phi) is 5.96. The molecular weight excluding hydrogens is 442 g/mol. The van der Waals surface area contributed by atoms with Gasteiger partial charge in [-0.05, 0) is 18.2 Å². The zero-order chi connectivity index (χ0) is 23.5. The third-order valence-corrected chi connectivity index (χ3v) is 5.83. The standard InChI is InChI=1S/C22H19N7O3S/c23-19-18(29-16(10-26-19)33-15-8-4-2-6-12(15)20(24)30)22(32)27-9-13-11-5-1-3-7-14(11)28-17(13)21(25)31/h1-8,10,28H,9H2,(H2,23,26)(H2,24,30)(H2,25,31)(H,27,32). The van der Waals surface area contributed by atoms with Gasteiger partial charge in [0.05, 0.1) is 11.8 Å². The molecule has 2 aromatic carbocycles. The number of amides is 3. The minimum Gasteiger partial charge on any atom is -0.382 e. The molecule has 0 aliphatic heterocycles. The molecule has 2 aromatic heterocycles. The number of carbonyl (C=O) groups excluding carboxylic acids is 3. The maximum Gasteiger partial charge on any atom is 0.274 e. The molecule has 33 heavy (non-hydrogen) atoms. The largest absolute Gasteiger partial charge is 0.382 e. The van der Waals surface area contributed by atoms with E-state index in [4.69, 9.17) is 17.2 Å². The van der Waals surface area contributed by atoms with Gasteiger partial charge in [-0.3, -0.25) is 14.4 Å². The molecule has 3 amide bonds. The number of nitrogen functional groups attached to an aromatic ring is 1. The second-order valence-electron chi connectivity index (χ2n) is 6.98. The molecule has 4 aromatic rings. The molecule has 0 aliphatic carbocycles. The summed E-state index contributed by atoms with van der Waals surface area (Å²) >= 11 is 1.13. The Morgan fingerprint density at radius 1 is 1.00 bits per heavy atom. The predicted octanol–water partition coefficient (Wildman–Crippen LogP) is 1.82. The zero-order valence-corrected chi connectivity index (χ0v) is 18.0. The van der Waals surface area contributed by atoms with Gasteiger partial charge in [-0.1, -0.05) is 42.1 Å². The van der Waals surface area contributed by atoms with Gasteiger partial charge in [-0.25, -0.2) is 9.97 Å². The fraction of sp³-hybridized carbons (Fsp3) is 0.0455. The van der Waals surface area contributed by atoms with E-state index in [1.807, 2.05) is 18.2 Å². The average Bonchev–Trinajstić information content (AvgIpc) is 3.18. The summed E-state index contributed by atoms with van der Waals surface area (Å²) in [5.41, 5.74) is 18.5. The third-order valence-electron chi connectivity index (χ3n) is 4.85. The summed E-state index contributed by atoms with van der Waals surface area (Å²) < 4.78 is 0. The molecule has 0 radical (unpaired) electrons. The van der Waals surface area contributed by atoms with Crippen LogP contribution in [0.4, 0.5) is 5.82 Å². The number of fused-ring (bicyclic) bond motifs is 1. The van der Waals surface area contributed by atoms with Crippen molar-refractivity contribution in [1.82, 2.24) is 20.3 Å². The first kappa shape index (κ1) is 21.8. The van der Waals surface area contributed by atoms with Gasteiger partial charge in [0.25, 0.3) is 11.8 Å². The number of hydrogen-bond donors (Lipinski definition) is 5. The fourth-order valence-corrected chi connectivity index (χ4v) is 4.21. The number of anilines is 1. The number of para-hydroxylation sites is 1. The normalized spacial score (nSPS) is 10.8. The molecule has 0 unspecified atom stereocenters. The topological polar surface area (TPSA) is 183 Å². The Bertz CT molecular complexity index is 1400. The second-order valence-corrected chi connectivity index (χ2v) is 8.04. The summed E-state index contributed by atoms with van der Waals surface area (Å²) in [6, 6.07) is 14.0. The van der Waals surface area contributed by atoms with E-state index in [-0.39, 0.29) is 23.8 Å². The molecule has 0 aliphatic rings. The van der Waals surface area contributed by atoms with Gasteiger partial charge in [-0.2, -0.15) is 0 Å². The first-order valence-electron chi connectivity index (χ1n) is 9.72. The molecule has 0 saturated heterocycles. The van der Waals surface area contributed by atoms with Crippen molar-refractivity contribution < 1.29 is 14.4 Å². The lowest BCUT2D eigenvalue weighted by Crippen LogP contribution is -2.27. The second kappa shape index (κ2) is 9.01. The smallest absolute Gasteiger partial charge is 0.274 e. The van der Waals surface area contributed by atoms with Crippen molar-refractivity contribution in [1.29, 1.82) is 0 Å². The van der Waals surface area contributed by atoms with Crippen molar-refractivity contribution in [3.63, 3.8) is 0 Å². The number of nitrogens with two attached hydrogens (primary N) is 3. The molecule has 2 heterocycles. The number of aromatic nitrogens is 3. The zero-order valence-electron chi connectivity index (χ0n) is 17.2. The third kappa shape index (κ3) is 4.48. The van der Waals surface area contributed by atoms with Crippen LogP contribution in [0.5, 0.6) is 0 Å². The Labute approximate surface area is 192 Å². The lowest BCUT2D eigenvalue weighted by Gasteiger charge is -2.09. The van der Waals surface area contributed by atoms with Crippen LogP contribution in [0.15, 0.2) is 64.6 Å². The van der Waals surface area contributed by atoms with E-state index >= 15 is 0 Å². The molecular formula is C22H19N7O3S. The van der Waals surface area contributed by atoms with Crippen LogP contribution in [0.25, 0.3) is 10.9 Å². The Morgan fingerprint density at radius 3 is 2.48 bits per heavy atom. The molecule has 0 bridgehead atoms. The maximum atomic E-state index is 12.9. The van der Waals surface area contributed by atoms with E-state index in [0.717, 1.165) is 22.7 Å². The number of primary amides is 2. The molecule has 0 atom stereocenters. The predicted molar refractivity (Wildman–Crippen MR) is 124 cm³/mol. The highest BCUT2D eigenvalue weighted by Crippen LogP contribution is 2.29. The maximum absolute atomic E-state index is 12.9. The van der Waals surface area contributed by atoms with Crippen LogP contribution in [0.1, 0.15) is 36.9 Å². The van der Waals surface area contributed by atoms with Crippen molar-refractivity contribution in [2.75, 3.05) is 5.73 Å². The van der Waals surface area contributed by atoms with E-state index in [2.05, 4.69) is 20.3 Å². The van der Waals surface area contributed by atoms with Gasteiger partial charge in [0.2, 0.25) is 5.91 Å². The first-order chi connectivity index (χ1) is 15.8. The molecule has 0 fully saturated rings. The summed E-state index contributed by atoms with van der Waals surface area (Å²) in [6.07, 6.45) is 1.40. The van der Waals surface area contributed by atoms with Gasteiger partial charge in [-0.15, -0.1) is 0 Å². The number of rotatable bonds is 7. The summed E-state index contributed by atoms with van der Waals surface area (Å²) in [7, 11) is 0. The highest BCUT2D eigenvalue weighted by molar-refractivity contribution is 7.99. The summed E-state index contributed by atoms with van der Waals surface area (Å²) in [6.45, 7) is 0.0180. The van der Waals surface area contributed by atoms with Gasteiger partial charge >= 0.3 is 0 Å². The molecule has 10 nitrogen and oxygen atoms in total. The number of aromatic amines is 1.